The van der Waals surface area contributed by atoms with Gasteiger partial charge in [-0.25, -0.2) is 0 Å². The third-order valence-corrected chi connectivity index (χ3v) is 13.5. The van der Waals surface area contributed by atoms with Crippen LogP contribution < -0.4 is 0 Å². The van der Waals surface area contributed by atoms with E-state index in [1.807, 2.05) is 52.3 Å². The number of rotatable bonds is 21. The molecule has 0 aliphatic rings. The van der Waals surface area contributed by atoms with Crippen LogP contribution in [0, 0.1) is 0 Å². The number of thiophene rings is 4. The molecule has 3 nitrogen and oxygen atoms in total. The zero-order chi connectivity index (χ0) is 35.1. The lowest BCUT2D eigenvalue weighted by Gasteiger charge is -2.05. The SMILES string of the molecule is CCCCCCOCCOCCc1ccc(-c2ccc(-c3ccc(-c4ccc(C=Cc5ccc(-c6ccc(CCOCC)s6)cc5)cc4)s3)s2)s1. The summed E-state index contributed by atoms with van der Waals surface area (Å²) in [6.07, 6.45) is 11.3. The first kappa shape index (κ1) is 37.6. The first-order chi connectivity index (χ1) is 25.2. The third-order valence-electron chi connectivity index (χ3n) is 8.58. The molecule has 0 aliphatic heterocycles. The van der Waals surface area contributed by atoms with Crippen LogP contribution in [0.5, 0.6) is 0 Å². The fourth-order valence-corrected chi connectivity index (χ4v) is 9.87. The van der Waals surface area contributed by atoms with E-state index in [1.54, 1.807) is 0 Å². The fraction of sp³-hybridized carbons (Fsp3) is 0.318. The topological polar surface area (TPSA) is 27.7 Å². The van der Waals surface area contributed by atoms with Crippen molar-refractivity contribution in [3.8, 4) is 40.4 Å². The number of hydrogen-bond donors (Lipinski definition) is 0. The molecule has 0 N–H and O–H groups in total. The first-order valence-electron chi connectivity index (χ1n) is 18.2. The molecule has 0 atom stereocenters. The van der Waals surface area contributed by atoms with Crippen LogP contribution in [0.2, 0.25) is 0 Å². The van der Waals surface area contributed by atoms with E-state index in [4.69, 9.17) is 14.2 Å². The number of benzene rings is 2. The van der Waals surface area contributed by atoms with Gasteiger partial charge in [0.15, 0.2) is 0 Å². The van der Waals surface area contributed by atoms with E-state index in [0.717, 1.165) is 45.7 Å². The van der Waals surface area contributed by atoms with Gasteiger partial charge in [-0.1, -0.05) is 86.9 Å². The summed E-state index contributed by atoms with van der Waals surface area (Å²) in [5.41, 5.74) is 4.92. The molecule has 0 spiro atoms. The van der Waals surface area contributed by atoms with E-state index in [9.17, 15) is 0 Å². The van der Waals surface area contributed by atoms with Crippen molar-refractivity contribution >= 4 is 57.5 Å². The Bertz CT molecular complexity index is 1910. The van der Waals surface area contributed by atoms with Gasteiger partial charge in [-0.2, -0.15) is 0 Å². The smallest absolute Gasteiger partial charge is 0.0700 e. The van der Waals surface area contributed by atoms with Gasteiger partial charge in [-0.15, -0.1) is 45.3 Å². The molecule has 51 heavy (non-hydrogen) atoms. The van der Waals surface area contributed by atoms with E-state index in [1.165, 1.54) is 80.5 Å². The van der Waals surface area contributed by atoms with Crippen molar-refractivity contribution in [3.63, 3.8) is 0 Å². The third kappa shape index (κ3) is 11.4. The Hall–Kier alpha value is -3.14. The molecule has 6 aromatic rings. The molecule has 0 bridgehead atoms. The summed E-state index contributed by atoms with van der Waals surface area (Å²) in [6, 6.07) is 35.7. The van der Waals surface area contributed by atoms with E-state index >= 15 is 0 Å². The minimum Gasteiger partial charge on any atom is -0.381 e. The molecule has 266 valence electrons. The maximum Gasteiger partial charge on any atom is 0.0700 e. The molecule has 0 fully saturated rings. The molecule has 4 aromatic heterocycles. The monoisotopic (exact) mass is 752 g/mol. The van der Waals surface area contributed by atoms with Gasteiger partial charge in [0.25, 0.3) is 0 Å². The van der Waals surface area contributed by atoms with Gasteiger partial charge in [0.1, 0.15) is 0 Å². The van der Waals surface area contributed by atoms with Crippen LogP contribution in [0.4, 0.5) is 0 Å². The predicted molar refractivity (Wildman–Crippen MR) is 225 cm³/mol. The van der Waals surface area contributed by atoms with Crippen LogP contribution >= 0.6 is 45.3 Å². The second-order valence-corrected chi connectivity index (χ2v) is 16.9. The number of unbranched alkanes of at least 4 members (excludes halogenated alkanes) is 3. The second kappa shape index (κ2) is 20.2. The van der Waals surface area contributed by atoms with Crippen LogP contribution in [0.15, 0.2) is 97.1 Å². The zero-order valence-electron chi connectivity index (χ0n) is 29.7. The largest absolute Gasteiger partial charge is 0.381 e. The van der Waals surface area contributed by atoms with Gasteiger partial charge >= 0.3 is 0 Å². The van der Waals surface area contributed by atoms with Crippen molar-refractivity contribution in [1.82, 2.24) is 0 Å². The summed E-state index contributed by atoms with van der Waals surface area (Å²) >= 11 is 7.47. The van der Waals surface area contributed by atoms with Crippen molar-refractivity contribution in [3.05, 3.63) is 118 Å². The lowest BCUT2D eigenvalue weighted by molar-refractivity contribution is 0.0476. The molecule has 0 radical (unpaired) electrons. The summed E-state index contributed by atoms with van der Waals surface area (Å²) < 4.78 is 17.0. The van der Waals surface area contributed by atoms with Crippen molar-refractivity contribution in [2.75, 3.05) is 39.6 Å². The summed E-state index contributed by atoms with van der Waals surface area (Å²) in [5, 5.41) is 0. The molecular formula is C44H48O3S4. The van der Waals surface area contributed by atoms with Gasteiger partial charge in [0.2, 0.25) is 0 Å². The minimum atomic E-state index is 0.674. The minimum absolute atomic E-state index is 0.674. The van der Waals surface area contributed by atoms with Crippen LogP contribution in [0.1, 0.15) is 60.4 Å². The van der Waals surface area contributed by atoms with Crippen LogP contribution in [0.25, 0.3) is 52.5 Å². The van der Waals surface area contributed by atoms with Crippen molar-refractivity contribution in [2.45, 2.75) is 52.4 Å². The van der Waals surface area contributed by atoms with E-state index in [-0.39, 0.29) is 0 Å². The van der Waals surface area contributed by atoms with E-state index < -0.39 is 0 Å². The second-order valence-electron chi connectivity index (χ2n) is 12.4. The maximum atomic E-state index is 5.82. The maximum absolute atomic E-state index is 5.82. The van der Waals surface area contributed by atoms with Crippen molar-refractivity contribution in [2.24, 2.45) is 0 Å². The van der Waals surface area contributed by atoms with Crippen LogP contribution in [-0.4, -0.2) is 39.6 Å². The summed E-state index contributed by atoms with van der Waals surface area (Å²) in [5.74, 6) is 0. The molecule has 0 saturated carbocycles. The van der Waals surface area contributed by atoms with Gasteiger partial charge in [0.05, 0.1) is 26.4 Å². The van der Waals surface area contributed by atoms with E-state index in [0.29, 0.717) is 13.2 Å². The van der Waals surface area contributed by atoms with Crippen LogP contribution in [-0.2, 0) is 27.1 Å². The highest BCUT2D eigenvalue weighted by atomic mass is 32.1. The normalized spacial score (nSPS) is 11.6. The molecule has 6 rings (SSSR count). The Labute approximate surface area is 320 Å². The van der Waals surface area contributed by atoms with Gasteiger partial charge in [-0.05, 0) is 84.1 Å². The highest BCUT2D eigenvalue weighted by Gasteiger charge is 2.11. The highest BCUT2D eigenvalue weighted by Crippen LogP contribution is 2.42. The fourth-order valence-electron chi connectivity index (χ4n) is 5.69. The Morgan fingerprint density at radius 3 is 1.45 bits per heavy atom. The Balaban J connectivity index is 0.962. The predicted octanol–water partition coefficient (Wildman–Crippen LogP) is 13.5. The standard InChI is InChI=1S/C44H48O3S4/c1-3-5-6-7-28-46-31-32-47-30-27-38-19-21-41(49-38)42-24-25-44(51-42)43-23-22-40(50-43)36-16-12-34(13-17-36)9-8-33-10-14-35(15-11-33)39-20-18-37(48-39)26-29-45-4-2/h8-25H,3-7,26-32H2,1-2H3. The number of hydrogen-bond acceptors (Lipinski definition) is 7. The molecule has 7 heteroatoms. The lowest BCUT2D eigenvalue weighted by atomic mass is 10.1. The van der Waals surface area contributed by atoms with Gasteiger partial charge in [0, 0.05) is 65.1 Å². The quantitative estimate of drug-likeness (QED) is 0.0541. The summed E-state index contributed by atoms with van der Waals surface area (Å²) in [7, 11) is 0. The summed E-state index contributed by atoms with van der Waals surface area (Å²) in [4.78, 5) is 10.6. The zero-order valence-corrected chi connectivity index (χ0v) is 33.0. The molecule has 2 aromatic carbocycles. The van der Waals surface area contributed by atoms with Gasteiger partial charge in [-0.3, -0.25) is 0 Å². The Morgan fingerprint density at radius 1 is 0.412 bits per heavy atom. The highest BCUT2D eigenvalue weighted by molar-refractivity contribution is 7.27. The van der Waals surface area contributed by atoms with Crippen LogP contribution in [0.3, 0.4) is 0 Å². The first-order valence-corrected chi connectivity index (χ1v) is 21.4. The average Bonchev–Trinajstić information content (AvgIpc) is 4.00. The number of ether oxygens (including phenoxy) is 3. The van der Waals surface area contributed by atoms with Crippen molar-refractivity contribution < 1.29 is 14.2 Å². The molecule has 4 heterocycles. The van der Waals surface area contributed by atoms with Gasteiger partial charge < -0.3 is 14.2 Å². The Kier molecular flexibility index (Phi) is 14.9. The molecular weight excluding hydrogens is 705 g/mol. The molecule has 0 aliphatic carbocycles. The molecule has 0 amide bonds. The van der Waals surface area contributed by atoms with Crippen molar-refractivity contribution in [1.29, 1.82) is 0 Å². The lowest BCUT2D eigenvalue weighted by Crippen LogP contribution is -2.07. The summed E-state index contributed by atoms with van der Waals surface area (Å²) in [6.45, 7) is 8.80. The molecule has 0 unspecified atom stereocenters. The average molecular weight is 753 g/mol. The molecule has 0 saturated heterocycles. The Morgan fingerprint density at radius 2 is 0.863 bits per heavy atom. The van der Waals surface area contributed by atoms with E-state index in [2.05, 4.69) is 116 Å².